The fraction of sp³-hybridized carbons (Fsp3) is 0.562. The number of aryl methyl sites for hydroxylation is 1. The summed E-state index contributed by atoms with van der Waals surface area (Å²) in [4.78, 5) is 12.2. The van der Waals surface area contributed by atoms with Crippen LogP contribution in [0.3, 0.4) is 0 Å². The summed E-state index contributed by atoms with van der Waals surface area (Å²) >= 11 is 0. The van der Waals surface area contributed by atoms with Crippen LogP contribution in [0.4, 0.5) is 0 Å². The third-order valence-corrected chi connectivity index (χ3v) is 4.08. The zero-order valence-electron chi connectivity index (χ0n) is 11.8. The summed E-state index contributed by atoms with van der Waals surface area (Å²) in [7, 11) is 0. The van der Waals surface area contributed by atoms with E-state index in [0.717, 1.165) is 12.0 Å². The van der Waals surface area contributed by atoms with E-state index in [1.807, 2.05) is 13.0 Å². The van der Waals surface area contributed by atoms with Gasteiger partial charge in [0.1, 0.15) is 5.75 Å². The molecule has 0 spiro atoms. The molecule has 1 amide bonds. The lowest BCUT2D eigenvalue weighted by molar-refractivity contribution is 0.0919. The molecule has 3 heteroatoms. The molecule has 0 heterocycles. The van der Waals surface area contributed by atoms with Crippen LogP contribution >= 0.6 is 0 Å². The molecule has 1 aliphatic carbocycles. The maximum atomic E-state index is 12.2. The van der Waals surface area contributed by atoms with Gasteiger partial charge in [0.25, 0.3) is 5.91 Å². The molecule has 104 valence electrons. The maximum Gasteiger partial charge on any atom is 0.255 e. The Morgan fingerprint density at radius 3 is 2.74 bits per heavy atom. The molecule has 0 radical (unpaired) electrons. The van der Waals surface area contributed by atoms with Crippen LogP contribution < -0.4 is 5.32 Å². The van der Waals surface area contributed by atoms with Crippen LogP contribution in [0.1, 0.15) is 54.9 Å². The van der Waals surface area contributed by atoms with E-state index in [-0.39, 0.29) is 17.7 Å². The van der Waals surface area contributed by atoms with Gasteiger partial charge >= 0.3 is 0 Å². The van der Waals surface area contributed by atoms with E-state index in [0.29, 0.717) is 11.5 Å². The van der Waals surface area contributed by atoms with E-state index >= 15 is 0 Å². The molecule has 0 aromatic heterocycles. The van der Waals surface area contributed by atoms with Crippen LogP contribution in [0.15, 0.2) is 18.2 Å². The molecule has 0 bridgehead atoms. The predicted octanol–water partition coefficient (Wildman–Crippen LogP) is 3.40. The van der Waals surface area contributed by atoms with Gasteiger partial charge in [0, 0.05) is 6.04 Å². The summed E-state index contributed by atoms with van der Waals surface area (Å²) in [5, 5.41) is 12.9. The molecule has 1 aromatic carbocycles. The van der Waals surface area contributed by atoms with Crippen LogP contribution in [-0.4, -0.2) is 17.1 Å². The molecule has 19 heavy (non-hydrogen) atoms. The Balaban J connectivity index is 2.07. The Morgan fingerprint density at radius 2 is 2.00 bits per heavy atom. The summed E-state index contributed by atoms with van der Waals surface area (Å²) in [5.41, 5.74) is 1.33. The standard InChI is InChI=1S/C16H23NO2/c1-11-8-9-13(15(18)10-11)16(19)17-14-7-5-3-4-6-12(14)2/h8-10,12,14,18H,3-7H2,1-2H3,(H,17,19). The normalized spacial score (nSPS) is 23.7. The molecule has 2 unspecified atom stereocenters. The average molecular weight is 261 g/mol. The summed E-state index contributed by atoms with van der Waals surface area (Å²) in [6, 6.07) is 5.41. The zero-order chi connectivity index (χ0) is 13.8. The van der Waals surface area contributed by atoms with Gasteiger partial charge in [-0.1, -0.05) is 32.3 Å². The first-order valence-electron chi connectivity index (χ1n) is 7.18. The van der Waals surface area contributed by atoms with Gasteiger partial charge in [0.15, 0.2) is 0 Å². The van der Waals surface area contributed by atoms with E-state index in [4.69, 9.17) is 0 Å². The number of phenolic OH excluding ortho intramolecular Hbond substituents is 1. The Kier molecular flexibility index (Phi) is 4.46. The summed E-state index contributed by atoms with van der Waals surface area (Å²) in [6.45, 7) is 4.10. The fourth-order valence-corrected chi connectivity index (χ4v) is 2.79. The lowest BCUT2D eigenvalue weighted by Gasteiger charge is -2.23. The highest BCUT2D eigenvalue weighted by molar-refractivity contribution is 5.97. The van der Waals surface area contributed by atoms with Gasteiger partial charge in [-0.15, -0.1) is 0 Å². The first-order valence-corrected chi connectivity index (χ1v) is 7.18. The van der Waals surface area contributed by atoms with Crippen LogP contribution in [0, 0.1) is 12.8 Å². The number of amides is 1. The lowest BCUT2D eigenvalue weighted by Crippen LogP contribution is -2.38. The van der Waals surface area contributed by atoms with Crippen LogP contribution in [0.25, 0.3) is 0 Å². The van der Waals surface area contributed by atoms with Crippen LogP contribution in [0.5, 0.6) is 5.75 Å². The highest BCUT2D eigenvalue weighted by atomic mass is 16.3. The average Bonchev–Trinajstić information content (AvgIpc) is 2.55. The van der Waals surface area contributed by atoms with E-state index in [2.05, 4.69) is 12.2 Å². The van der Waals surface area contributed by atoms with Crippen molar-refractivity contribution >= 4 is 5.91 Å². The smallest absolute Gasteiger partial charge is 0.255 e. The second kappa shape index (κ2) is 6.09. The van der Waals surface area contributed by atoms with Gasteiger partial charge in [0.2, 0.25) is 0 Å². The summed E-state index contributed by atoms with van der Waals surface area (Å²) in [5.74, 6) is 0.425. The van der Waals surface area contributed by atoms with Gasteiger partial charge in [-0.3, -0.25) is 4.79 Å². The molecular formula is C16H23NO2. The third-order valence-electron chi connectivity index (χ3n) is 4.08. The minimum Gasteiger partial charge on any atom is -0.507 e. The van der Waals surface area contributed by atoms with Gasteiger partial charge < -0.3 is 10.4 Å². The number of carbonyl (C=O) groups is 1. The van der Waals surface area contributed by atoms with Gasteiger partial charge in [-0.2, -0.15) is 0 Å². The minimum absolute atomic E-state index is 0.0683. The molecule has 2 atom stereocenters. The van der Waals surface area contributed by atoms with Crippen molar-refractivity contribution in [3.05, 3.63) is 29.3 Å². The number of hydrogen-bond donors (Lipinski definition) is 2. The van der Waals surface area contributed by atoms with E-state index in [1.54, 1.807) is 12.1 Å². The fourth-order valence-electron chi connectivity index (χ4n) is 2.79. The summed E-state index contributed by atoms with van der Waals surface area (Å²) < 4.78 is 0. The van der Waals surface area contributed by atoms with Crippen molar-refractivity contribution in [1.29, 1.82) is 0 Å². The number of nitrogens with one attached hydrogen (secondary N) is 1. The van der Waals surface area contributed by atoms with Crippen molar-refractivity contribution < 1.29 is 9.90 Å². The molecule has 0 saturated heterocycles. The van der Waals surface area contributed by atoms with Crippen molar-refractivity contribution in [3.63, 3.8) is 0 Å². The van der Waals surface area contributed by atoms with Gasteiger partial charge in [-0.25, -0.2) is 0 Å². The molecule has 1 aromatic rings. The van der Waals surface area contributed by atoms with Crippen LogP contribution in [-0.2, 0) is 0 Å². The topological polar surface area (TPSA) is 49.3 Å². The predicted molar refractivity (Wildman–Crippen MR) is 76.3 cm³/mol. The largest absolute Gasteiger partial charge is 0.507 e. The van der Waals surface area contributed by atoms with Crippen molar-refractivity contribution in [3.8, 4) is 5.75 Å². The number of benzene rings is 1. The second-order valence-electron chi connectivity index (χ2n) is 5.72. The Labute approximate surface area is 115 Å². The van der Waals surface area contributed by atoms with Crippen molar-refractivity contribution in [2.24, 2.45) is 5.92 Å². The molecule has 1 saturated carbocycles. The first kappa shape index (κ1) is 13.9. The van der Waals surface area contributed by atoms with Gasteiger partial charge in [-0.05, 0) is 43.4 Å². The minimum atomic E-state index is -0.156. The number of hydrogen-bond acceptors (Lipinski definition) is 2. The highest BCUT2D eigenvalue weighted by Gasteiger charge is 2.23. The number of rotatable bonds is 2. The highest BCUT2D eigenvalue weighted by Crippen LogP contribution is 2.24. The molecule has 2 N–H and O–H groups in total. The number of phenols is 1. The number of aromatic hydroxyl groups is 1. The second-order valence-corrected chi connectivity index (χ2v) is 5.72. The van der Waals surface area contributed by atoms with E-state index in [9.17, 15) is 9.90 Å². The molecule has 0 aliphatic heterocycles. The Morgan fingerprint density at radius 1 is 1.26 bits per heavy atom. The van der Waals surface area contributed by atoms with Gasteiger partial charge in [0.05, 0.1) is 5.56 Å². The molecule has 1 aliphatic rings. The Bertz CT molecular complexity index is 456. The third kappa shape index (κ3) is 3.49. The van der Waals surface area contributed by atoms with E-state index in [1.165, 1.54) is 25.7 Å². The molecule has 1 fully saturated rings. The summed E-state index contributed by atoms with van der Waals surface area (Å²) in [6.07, 6.45) is 5.90. The van der Waals surface area contributed by atoms with Crippen molar-refractivity contribution in [1.82, 2.24) is 5.32 Å². The van der Waals surface area contributed by atoms with Crippen molar-refractivity contribution in [2.75, 3.05) is 0 Å². The molecule has 3 nitrogen and oxygen atoms in total. The van der Waals surface area contributed by atoms with Crippen molar-refractivity contribution in [2.45, 2.75) is 52.0 Å². The SMILES string of the molecule is Cc1ccc(C(=O)NC2CCCCCC2C)c(O)c1. The first-order chi connectivity index (χ1) is 9.08. The monoisotopic (exact) mass is 261 g/mol. The zero-order valence-corrected chi connectivity index (χ0v) is 11.8. The quantitative estimate of drug-likeness (QED) is 0.802. The number of carbonyl (C=O) groups excluding carboxylic acids is 1. The van der Waals surface area contributed by atoms with Crippen LogP contribution in [0.2, 0.25) is 0 Å². The van der Waals surface area contributed by atoms with E-state index < -0.39 is 0 Å². The molecular weight excluding hydrogens is 238 g/mol. The molecule has 2 rings (SSSR count). The maximum absolute atomic E-state index is 12.2. The lowest BCUT2D eigenvalue weighted by atomic mass is 9.96. The Hall–Kier alpha value is -1.51.